The van der Waals surface area contributed by atoms with Crippen LogP contribution in [0.1, 0.15) is 19.8 Å². The molecule has 3 heterocycles. The fourth-order valence-electron chi connectivity index (χ4n) is 3.41. The van der Waals surface area contributed by atoms with E-state index in [0.717, 1.165) is 17.0 Å². The number of likely N-dealkylation sites (tertiary alicyclic amines) is 2. The summed E-state index contributed by atoms with van der Waals surface area (Å²) >= 11 is 0. The minimum Gasteiger partial charge on any atom is -0.404 e. The van der Waals surface area contributed by atoms with Gasteiger partial charge in [-0.1, -0.05) is 6.92 Å². The molecule has 0 radical (unpaired) electrons. The summed E-state index contributed by atoms with van der Waals surface area (Å²) in [5.41, 5.74) is 0. The molecule has 0 aliphatic carbocycles. The van der Waals surface area contributed by atoms with Crippen molar-refractivity contribution in [1.82, 2.24) is 14.8 Å². The third-order valence-corrected chi connectivity index (χ3v) is 4.73. The second-order valence-electron chi connectivity index (χ2n) is 7.06. The van der Waals surface area contributed by atoms with Crippen molar-refractivity contribution in [2.75, 3.05) is 19.6 Å². The third kappa shape index (κ3) is 5.24. The average Bonchev–Trinajstić information content (AvgIpc) is 2.93. The summed E-state index contributed by atoms with van der Waals surface area (Å²) in [5, 5.41) is 0. The average molecular weight is 423 g/mol. The van der Waals surface area contributed by atoms with Crippen molar-refractivity contribution in [3.8, 4) is 11.6 Å². The number of ether oxygens (including phenoxy) is 2. The largest absolute Gasteiger partial charge is 0.573 e. The SMILES string of the molecule is CC1CCN([C@H]2CN(C(=O)Oc3ccc(OC(F)(F)F)cn3)CC(F)(F)C2)C1=O. The summed E-state index contributed by atoms with van der Waals surface area (Å²) < 4.78 is 73.3. The van der Waals surface area contributed by atoms with E-state index in [0.29, 0.717) is 19.2 Å². The third-order valence-electron chi connectivity index (χ3n) is 4.73. The van der Waals surface area contributed by atoms with Gasteiger partial charge in [0, 0.05) is 31.5 Å². The molecule has 2 atom stereocenters. The van der Waals surface area contributed by atoms with Crippen molar-refractivity contribution < 1.29 is 41.0 Å². The van der Waals surface area contributed by atoms with Crippen molar-refractivity contribution in [2.24, 2.45) is 5.92 Å². The van der Waals surface area contributed by atoms with Gasteiger partial charge in [-0.15, -0.1) is 13.2 Å². The number of aromatic nitrogens is 1. The van der Waals surface area contributed by atoms with Crippen LogP contribution in [-0.2, 0) is 4.79 Å². The lowest BCUT2D eigenvalue weighted by Gasteiger charge is -2.40. The van der Waals surface area contributed by atoms with Crippen LogP contribution in [0.5, 0.6) is 11.6 Å². The highest BCUT2D eigenvalue weighted by molar-refractivity contribution is 5.81. The van der Waals surface area contributed by atoms with Gasteiger partial charge in [-0.3, -0.25) is 9.69 Å². The van der Waals surface area contributed by atoms with E-state index in [4.69, 9.17) is 4.74 Å². The van der Waals surface area contributed by atoms with Gasteiger partial charge in [-0.05, 0) is 12.5 Å². The normalized spacial score (nSPS) is 24.6. The second-order valence-corrected chi connectivity index (χ2v) is 7.06. The van der Waals surface area contributed by atoms with E-state index in [1.54, 1.807) is 6.92 Å². The number of amides is 2. The van der Waals surface area contributed by atoms with E-state index in [1.807, 2.05) is 0 Å². The van der Waals surface area contributed by atoms with Crippen molar-refractivity contribution in [1.29, 1.82) is 0 Å². The number of hydrogen-bond donors (Lipinski definition) is 0. The number of halogens is 5. The summed E-state index contributed by atoms with van der Waals surface area (Å²) in [4.78, 5) is 30.1. The number of carbonyl (C=O) groups excluding carboxylic acids is 2. The topological polar surface area (TPSA) is 72.0 Å². The summed E-state index contributed by atoms with van der Waals surface area (Å²) in [6.45, 7) is 1.02. The molecular formula is C17H18F5N3O4. The Bertz CT molecular complexity index is 771. The molecule has 1 unspecified atom stereocenters. The first kappa shape index (κ1) is 21.1. The molecule has 2 aliphatic heterocycles. The monoisotopic (exact) mass is 423 g/mol. The fourth-order valence-corrected chi connectivity index (χ4v) is 3.41. The first-order chi connectivity index (χ1) is 13.4. The predicted molar refractivity (Wildman–Crippen MR) is 87.4 cm³/mol. The van der Waals surface area contributed by atoms with Crippen LogP contribution >= 0.6 is 0 Å². The van der Waals surface area contributed by atoms with E-state index < -0.39 is 43.1 Å². The smallest absolute Gasteiger partial charge is 0.404 e. The van der Waals surface area contributed by atoms with Crippen LogP contribution in [-0.4, -0.2) is 64.7 Å². The zero-order chi connectivity index (χ0) is 21.4. The number of pyridine rings is 1. The van der Waals surface area contributed by atoms with Gasteiger partial charge in [0.15, 0.2) is 0 Å². The maximum Gasteiger partial charge on any atom is 0.573 e. The number of nitrogens with zero attached hydrogens (tertiary/aromatic N) is 3. The Morgan fingerprint density at radius 3 is 2.59 bits per heavy atom. The minimum absolute atomic E-state index is 0.137. The lowest BCUT2D eigenvalue weighted by molar-refractivity contribution is -0.274. The number of hydrogen-bond acceptors (Lipinski definition) is 5. The van der Waals surface area contributed by atoms with Crippen LogP contribution in [0, 0.1) is 5.92 Å². The van der Waals surface area contributed by atoms with Crippen molar-refractivity contribution in [3.63, 3.8) is 0 Å². The van der Waals surface area contributed by atoms with E-state index in [1.165, 1.54) is 4.90 Å². The molecule has 3 rings (SSSR count). The summed E-state index contributed by atoms with van der Waals surface area (Å²) in [6.07, 6.45) is -5.35. The number of piperidine rings is 1. The molecule has 2 aliphatic rings. The Balaban J connectivity index is 1.65. The second kappa shape index (κ2) is 7.64. The predicted octanol–water partition coefficient (Wildman–Crippen LogP) is 3.06. The molecule has 160 valence electrons. The molecule has 1 aromatic rings. The van der Waals surface area contributed by atoms with Crippen LogP contribution in [0.25, 0.3) is 0 Å². The molecular weight excluding hydrogens is 405 g/mol. The van der Waals surface area contributed by atoms with Gasteiger partial charge in [0.1, 0.15) is 5.75 Å². The van der Waals surface area contributed by atoms with Gasteiger partial charge in [0.2, 0.25) is 11.8 Å². The van der Waals surface area contributed by atoms with Crippen LogP contribution in [0.2, 0.25) is 0 Å². The summed E-state index contributed by atoms with van der Waals surface area (Å²) in [7, 11) is 0. The lowest BCUT2D eigenvalue weighted by atomic mass is 10.0. The van der Waals surface area contributed by atoms with Gasteiger partial charge in [0.25, 0.3) is 5.92 Å². The molecule has 0 bridgehead atoms. The number of alkyl halides is 5. The van der Waals surface area contributed by atoms with E-state index >= 15 is 0 Å². The Morgan fingerprint density at radius 1 is 1.31 bits per heavy atom. The molecule has 7 nitrogen and oxygen atoms in total. The molecule has 0 aromatic carbocycles. The van der Waals surface area contributed by atoms with Gasteiger partial charge in [0.05, 0.1) is 18.8 Å². The zero-order valence-electron chi connectivity index (χ0n) is 15.3. The molecule has 29 heavy (non-hydrogen) atoms. The van der Waals surface area contributed by atoms with Crippen molar-refractivity contribution in [2.45, 2.75) is 38.1 Å². The van der Waals surface area contributed by atoms with Gasteiger partial charge < -0.3 is 14.4 Å². The fraction of sp³-hybridized carbons (Fsp3) is 0.588. The van der Waals surface area contributed by atoms with Gasteiger partial charge in [-0.25, -0.2) is 18.6 Å². The summed E-state index contributed by atoms with van der Waals surface area (Å²) in [5.74, 6) is -4.70. The van der Waals surface area contributed by atoms with E-state index in [9.17, 15) is 31.5 Å². The van der Waals surface area contributed by atoms with Crippen LogP contribution in [0.3, 0.4) is 0 Å². The highest BCUT2D eigenvalue weighted by Gasteiger charge is 2.47. The molecule has 1 aromatic heterocycles. The Kier molecular flexibility index (Phi) is 5.54. The van der Waals surface area contributed by atoms with Gasteiger partial charge in [-0.2, -0.15) is 0 Å². The quantitative estimate of drug-likeness (QED) is 0.699. The zero-order valence-corrected chi connectivity index (χ0v) is 15.3. The highest BCUT2D eigenvalue weighted by atomic mass is 19.4. The molecule has 12 heteroatoms. The Hall–Kier alpha value is -2.66. The highest BCUT2D eigenvalue weighted by Crippen LogP contribution is 2.33. The van der Waals surface area contributed by atoms with Crippen LogP contribution in [0.15, 0.2) is 18.3 Å². The van der Waals surface area contributed by atoms with Crippen LogP contribution in [0.4, 0.5) is 26.7 Å². The maximum atomic E-state index is 14.2. The Labute approximate surface area is 162 Å². The van der Waals surface area contributed by atoms with E-state index in [-0.39, 0.29) is 24.2 Å². The summed E-state index contributed by atoms with van der Waals surface area (Å²) in [6, 6.07) is 0.977. The number of rotatable bonds is 3. The van der Waals surface area contributed by atoms with Crippen molar-refractivity contribution >= 4 is 12.0 Å². The number of carbonyl (C=O) groups is 2. The standard InChI is InChI=1S/C17H18F5N3O4/c1-10-4-5-25(14(10)26)11-6-16(18,19)9-24(8-11)15(27)28-13-3-2-12(7-23-13)29-17(20,21)22/h2-3,7,10-11H,4-6,8-9H2,1H3/t10?,11-/m1/s1. The molecule has 0 saturated carbocycles. The first-order valence-corrected chi connectivity index (χ1v) is 8.80. The Morgan fingerprint density at radius 2 is 2.03 bits per heavy atom. The molecule has 2 amide bonds. The molecule has 0 spiro atoms. The lowest BCUT2D eigenvalue weighted by Crippen LogP contribution is -2.57. The maximum absolute atomic E-state index is 14.2. The van der Waals surface area contributed by atoms with Crippen LogP contribution < -0.4 is 9.47 Å². The van der Waals surface area contributed by atoms with Gasteiger partial charge >= 0.3 is 12.5 Å². The van der Waals surface area contributed by atoms with Crippen molar-refractivity contribution in [3.05, 3.63) is 18.3 Å². The van der Waals surface area contributed by atoms with E-state index in [2.05, 4.69) is 9.72 Å². The molecule has 0 N–H and O–H groups in total. The molecule has 2 fully saturated rings. The molecule has 2 saturated heterocycles. The first-order valence-electron chi connectivity index (χ1n) is 8.80. The minimum atomic E-state index is -4.90.